The molecule has 2 atom stereocenters. The smallest absolute Gasteiger partial charge is 0.338 e. The van der Waals surface area contributed by atoms with E-state index in [-0.39, 0.29) is 30.4 Å². The van der Waals surface area contributed by atoms with Crippen molar-refractivity contribution in [3.8, 4) is 0 Å². The van der Waals surface area contributed by atoms with E-state index in [2.05, 4.69) is 10.2 Å². The Labute approximate surface area is 229 Å². The van der Waals surface area contributed by atoms with Gasteiger partial charge in [-0.15, -0.1) is 0 Å². The molecule has 1 saturated heterocycles. The quantitative estimate of drug-likeness (QED) is 0.537. The topological polar surface area (TPSA) is 82.2 Å². The van der Waals surface area contributed by atoms with E-state index in [0.717, 1.165) is 16.7 Å². The number of hydrogen-bond donors (Lipinski definition) is 1. The van der Waals surface area contributed by atoms with Crippen LogP contribution in [0.3, 0.4) is 0 Å². The van der Waals surface area contributed by atoms with Crippen molar-refractivity contribution >= 4 is 17.9 Å². The number of ether oxygens (including phenoxy) is 1. The van der Waals surface area contributed by atoms with E-state index in [1.807, 2.05) is 45.9 Å². The van der Waals surface area contributed by atoms with Gasteiger partial charge in [0.05, 0.1) is 18.2 Å². The number of likely N-dealkylation sites (N-methyl/N-ethyl adjacent to an activating group) is 1. The van der Waals surface area contributed by atoms with Crippen LogP contribution in [0.4, 0.5) is 9.18 Å². The molecule has 9 heteroatoms. The van der Waals surface area contributed by atoms with Crippen molar-refractivity contribution in [3.05, 3.63) is 81.8 Å². The molecule has 39 heavy (non-hydrogen) atoms. The van der Waals surface area contributed by atoms with E-state index >= 15 is 0 Å². The number of benzene rings is 2. The molecule has 0 spiro atoms. The molecule has 8 nitrogen and oxygen atoms in total. The van der Waals surface area contributed by atoms with Gasteiger partial charge in [-0.1, -0.05) is 23.8 Å². The predicted molar refractivity (Wildman–Crippen MR) is 147 cm³/mol. The Morgan fingerprint density at radius 3 is 2.44 bits per heavy atom. The molecule has 1 N–H and O–H groups in total. The zero-order valence-corrected chi connectivity index (χ0v) is 23.3. The van der Waals surface area contributed by atoms with E-state index in [1.165, 1.54) is 24.3 Å². The predicted octanol–water partition coefficient (Wildman–Crippen LogP) is 4.19. The van der Waals surface area contributed by atoms with Crippen LogP contribution in [-0.2, 0) is 9.53 Å². The van der Waals surface area contributed by atoms with E-state index in [0.29, 0.717) is 49.6 Å². The molecule has 0 aromatic heterocycles. The fourth-order valence-electron chi connectivity index (χ4n) is 5.41. The average molecular weight is 537 g/mol. The number of nitrogens with one attached hydrogen (secondary N) is 1. The maximum atomic E-state index is 13.4. The van der Waals surface area contributed by atoms with Crippen molar-refractivity contribution in [1.29, 1.82) is 0 Å². The van der Waals surface area contributed by atoms with Gasteiger partial charge in [-0.25, -0.2) is 14.0 Å². The number of rotatable bonds is 7. The third-order valence-corrected chi connectivity index (χ3v) is 7.43. The minimum atomic E-state index is -0.631. The van der Waals surface area contributed by atoms with Crippen LogP contribution >= 0.6 is 0 Å². The summed E-state index contributed by atoms with van der Waals surface area (Å²) in [6.45, 7) is 12.1. The summed E-state index contributed by atoms with van der Waals surface area (Å²) in [6.07, 6.45) is 0. The molecule has 2 aliphatic rings. The lowest BCUT2D eigenvalue weighted by atomic mass is 9.90. The third-order valence-electron chi connectivity index (χ3n) is 7.43. The molecule has 0 radical (unpaired) electrons. The van der Waals surface area contributed by atoms with Crippen LogP contribution in [0.5, 0.6) is 0 Å². The van der Waals surface area contributed by atoms with Gasteiger partial charge in [0.2, 0.25) is 0 Å². The standard InChI is InChI=1S/C30H37FN4O4/c1-6-34-25(18-33-14-15-35(21(5)17-33)28(36)22-10-12-23(31)13-11-22)26(29(37)39-7-2)27(32-30(34)38)24-16-19(3)8-9-20(24)4/h8-13,16,21,27H,6-7,14-15,17-18H2,1-5H3,(H,32,38)/t21-,27+/m1/s1. The highest BCUT2D eigenvalue weighted by Crippen LogP contribution is 2.34. The van der Waals surface area contributed by atoms with Crippen LogP contribution < -0.4 is 5.32 Å². The first-order chi connectivity index (χ1) is 18.6. The molecular weight excluding hydrogens is 499 g/mol. The van der Waals surface area contributed by atoms with E-state index in [1.54, 1.807) is 16.7 Å². The van der Waals surface area contributed by atoms with Crippen molar-refractivity contribution in [2.24, 2.45) is 0 Å². The van der Waals surface area contributed by atoms with E-state index in [4.69, 9.17) is 4.74 Å². The van der Waals surface area contributed by atoms with Crippen LogP contribution in [0, 0.1) is 19.7 Å². The summed E-state index contributed by atoms with van der Waals surface area (Å²) < 4.78 is 18.8. The number of amides is 3. The molecule has 2 aromatic rings. The fourth-order valence-corrected chi connectivity index (χ4v) is 5.41. The lowest BCUT2D eigenvalue weighted by Crippen LogP contribution is -2.56. The Kier molecular flexibility index (Phi) is 8.70. The van der Waals surface area contributed by atoms with Gasteiger partial charge in [0, 0.05) is 50.0 Å². The Morgan fingerprint density at radius 2 is 1.79 bits per heavy atom. The van der Waals surface area contributed by atoms with Gasteiger partial charge in [0.25, 0.3) is 5.91 Å². The number of aryl methyl sites for hydroxylation is 2. The molecule has 2 aliphatic heterocycles. The Morgan fingerprint density at radius 1 is 1.08 bits per heavy atom. The second kappa shape index (κ2) is 12.0. The largest absolute Gasteiger partial charge is 0.463 e. The van der Waals surface area contributed by atoms with Crippen LogP contribution in [0.25, 0.3) is 0 Å². The Hall–Kier alpha value is -3.72. The van der Waals surface area contributed by atoms with Crippen LogP contribution in [0.15, 0.2) is 53.7 Å². The molecule has 2 aromatic carbocycles. The number of esters is 1. The van der Waals surface area contributed by atoms with Gasteiger partial charge >= 0.3 is 12.0 Å². The highest BCUT2D eigenvalue weighted by molar-refractivity contribution is 5.96. The monoisotopic (exact) mass is 536 g/mol. The highest BCUT2D eigenvalue weighted by Gasteiger charge is 2.39. The molecule has 4 rings (SSSR count). The van der Waals surface area contributed by atoms with E-state index in [9.17, 15) is 18.8 Å². The summed E-state index contributed by atoms with van der Waals surface area (Å²) in [4.78, 5) is 45.4. The molecule has 1 fully saturated rings. The first kappa shape index (κ1) is 28.3. The van der Waals surface area contributed by atoms with Gasteiger partial charge in [-0.3, -0.25) is 14.6 Å². The minimum Gasteiger partial charge on any atom is -0.463 e. The molecular formula is C30H37FN4O4. The molecule has 2 heterocycles. The summed E-state index contributed by atoms with van der Waals surface area (Å²) in [6, 6.07) is 10.6. The second-order valence-electron chi connectivity index (χ2n) is 10.2. The summed E-state index contributed by atoms with van der Waals surface area (Å²) in [5.41, 5.74) is 4.37. The van der Waals surface area contributed by atoms with Crippen LogP contribution in [0.1, 0.15) is 53.9 Å². The number of carbonyl (C=O) groups is 3. The SMILES string of the molecule is CCOC(=O)C1=C(CN2CCN(C(=O)c3ccc(F)cc3)[C@H](C)C2)N(CC)C(=O)N[C@H]1c1cc(C)ccc1C. The van der Waals surface area contributed by atoms with Crippen molar-refractivity contribution in [2.45, 2.75) is 46.7 Å². The Bertz CT molecular complexity index is 1280. The van der Waals surface area contributed by atoms with Crippen molar-refractivity contribution < 1.29 is 23.5 Å². The fraction of sp³-hybridized carbons (Fsp3) is 0.433. The van der Waals surface area contributed by atoms with Crippen LogP contribution in [-0.4, -0.2) is 78.0 Å². The zero-order chi connectivity index (χ0) is 28.3. The van der Waals surface area contributed by atoms with Gasteiger partial charge in [-0.05, 0) is 70.0 Å². The number of hydrogen-bond acceptors (Lipinski definition) is 5. The average Bonchev–Trinajstić information content (AvgIpc) is 2.90. The lowest BCUT2D eigenvalue weighted by Gasteiger charge is -2.43. The van der Waals surface area contributed by atoms with Gasteiger partial charge in [0.1, 0.15) is 5.82 Å². The van der Waals surface area contributed by atoms with Gasteiger partial charge < -0.3 is 15.0 Å². The van der Waals surface area contributed by atoms with Crippen molar-refractivity contribution in [2.75, 3.05) is 39.3 Å². The first-order valence-electron chi connectivity index (χ1n) is 13.5. The Balaban J connectivity index is 1.65. The van der Waals surface area contributed by atoms with Crippen molar-refractivity contribution in [3.63, 3.8) is 0 Å². The van der Waals surface area contributed by atoms with Gasteiger partial charge in [0.15, 0.2) is 0 Å². The normalized spacial score (nSPS) is 20.2. The molecule has 0 aliphatic carbocycles. The van der Waals surface area contributed by atoms with Crippen LogP contribution in [0.2, 0.25) is 0 Å². The molecule has 208 valence electrons. The summed E-state index contributed by atoms with van der Waals surface area (Å²) >= 11 is 0. The first-order valence-corrected chi connectivity index (χ1v) is 13.5. The summed E-state index contributed by atoms with van der Waals surface area (Å²) in [7, 11) is 0. The zero-order valence-electron chi connectivity index (χ0n) is 23.3. The minimum absolute atomic E-state index is 0.120. The van der Waals surface area contributed by atoms with Crippen molar-refractivity contribution in [1.82, 2.24) is 20.0 Å². The molecule has 0 bridgehead atoms. The second-order valence-corrected chi connectivity index (χ2v) is 10.2. The number of piperazine rings is 1. The lowest BCUT2D eigenvalue weighted by molar-refractivity contribution is -0.139. The number of nitrogens with zero attached hydrogens (tertiary/aromatic N) is 3. The number of urea groups is 1. The summed E-state index contributed by atoms with van der Waals surface area (Å²) in [5.74, 6) is -0.975. The number of halogens is 1. The molecule has 0 unspecified atom stereocenters. The summed E-state index contributed by atoms with van der Waals surface area (Å²) in [5, 5.41) is 3.04. The number of carbonyl (C=O) groups excluding carboxylic acids is 3. The van der Waals surface area contributed by atoms with E-state index < -0.39 is 12.0 Å². The molecule has 0 saturated carbocycles. The van der Waals surface area contributed by atoms with Gasteiger partial charge in [-0.2, -0.15) is 0 Å². The highest BCUT2D eigenvalue weighted by atomic mass is 19.1. The maximum Gasteiger partial charge on any atom is 0.338 e. The maximum absolute atomic E-state index is 13.4. The molecule has 3 amide bonds. The third kappa shape index (κ3) is 5.98.